The third-order valence-electron chi connectivity index (χ3n) is 2.73. The lowest BCUT2D eigenvalue weighted by Gasteiger charge is -2.02. The van der Waals surface area contributed by atoms with Crippen molar-refractivity contribution in [3.8, 4) is 5.75 Å². The summed E-state index contributed by atoms with van der Waals surface area (Å²) >= 11 is 0. The average molecular weight is 269 g/mol. The molecule has 4 heteroatoms. The quantitative estimate of drug-likeness (QED) is 0.851. The summed E-state index contributed by atoms with van der Waals surface area (Å²) in [5.41, 5.74) is 3.65. The Bertz CT molecular complexity index is 642. The molecule has 0 fully saturated rings. The van der Waals surface area contributed by atoms with Crippen LogP contribution in [0.1, 0.15) is 16.7 Å². The van der Waals surface area contributed by atoms with Crippen LogP contribution in [0.4, 0.5) is 5.69 Å². The van der Waals surface area contributed by atoms with Crippen LogP contribution < -0.4 is 0 Å². The first-order valence-corrected chi connectivity index (χ1v) is 5.97. The molecule has 0 amide bonds. The van der Waals surface area contributed by atoms with Crippen LogP contribution in [0.5, 0.6) is 5.75 Å². The van der Waals surface area contributed by atoms with Crippen molar-refractivity contribution in [2.45, 2.75) is 13.8 Å². The van der Waals surface area contributed by atoms with Crippen molar-refractivity contribution in [2.75, 3.05) is 0 Å². The van der Waals surface area contributed by atoms with Gasteiger partial charge in [-0.1, -0.05) is 30.3 Å². The zero-order chi connectivity index (χ0) is 15.0. The third-order valence-corrected chi connectivity index (χ3v) is 2.73. The van der Waals surface area contributed by atoms with Crippen molar-refractivity contribution in [3.63, 3.8) is 0 Å². The van der Waals surface area contributed by atoms with E-state index in [0.29, 0.717) is 5.75 Å². The summed E-state index contributed by atoms with van der Waals surface area (Å²) in [6, 6.07) is 13.6. The number of aliphatic imine (C=N–C) groups is 1. The molecule has 2 rings (SSSR count). The zero-order valence-corrected chi connectivity index (χ0v) is 11.3. The highest BCUT2D eigenvalue weighted by Crippen LogP contribution is 2.22. The van der Waals surface area contributed by atoms with Gasteiger partial charge in [-0.05, 0) is 37.1 Å². The number of benzene rings is 2. The van der Waals surface area contributed by atoms with Gasteiger partial charge in [0.1, 0.15) is 5.75 Å². The van der Waals surface area contributed by atoms with Crippen LogP contribution >= 0.6 is 0 Å². The fourth-order valence-electron chi connectivity index (χ4n) is 1.63. The molecule has 0 aliphatic rings. The lowest BCUT2D eigenvalue weighted by Crippen LogP contribution is -1.85. The normalized spacial score (nSPS) is 9.70. The van der Waals surface area contributed by atoms with Gasteiger partial charge >= 0.3 is 6.15 Å². The molecule has 0 aliphatic carbocycles. The molecule has 2 aromatic carbocycles. The van der Waals surface area contributed by atoms with Crippen LogP contribution in [0.3, 0.4) is 0 Å². The van der Waals surface area contributed by atoms with E-state index in [9.17, 15) is 5.11 Å². The fraction of sp³-hybridized carbons (Fsp3) is 0.125. The molecular weight excluding hydrogens is 254 g/mol. The molecule has 0 spiro atoms. The number of aromatic hydroxyl groups is 1. The largest absolute Gasteiger partial charge is 0.507 e. The number of rotatable bonds is 2. The number of carbonyl (C=O) groups excluding carboxylic acids is 2. The molecule has 0 saturated heterocycles. The van der Waals surface area contributed by atoms with Crippen molar-refractivity contribution in [3.05, 3.63) is 59.2 Å². The van der Waals surface area contributed by atoms with E-state index in [0.717, 1.165) is 22.4 Å². The van der Waals surface area contributed by atoms with Gasteiger partial charge < -0.3 is 5.11 Å². The Hall–Kier alpha value is -2.71. The predicted octanol–water partition coefficient (Wildman–Crippen LogP) is 3.18. The number of hydrogen-bond donors (Lipinski definition) is 1. The number of aryl methyl sites for hydroxylation is 2. The van der Waals surface area contributed by atoms with Crippen molar-refractivity contribution in [1.29, 1.82) is 0 Å². The minimum atomic E-state index is 0.250. The van der Waals surface area contributed by atoms with E-state index >= 15 is 0 Å². The number of phenolic OH excluding ortho intramolecular Hbond substituents is 1. The topological polar surface area (TPSA) is 66.7 Å². The maximum atomic E-state index is 9.85. The summed E-state index contributed by atoms with van der Waals surface area (Å²) in [7, 11) is 0. The van der Waals surface area contributed by atoms with Crippen LogP contribution in [0.2, 0.25) is 0 Å². The number of phenols is 1. The monoisotopic (exact) mass is 269 g/mol. The molecule has 0 aliphatic heterocycles. The van der Waals surface area contributed by atoms with Crippen LogP contribution in [0, 0.1) is 13.8 Å². The molecule has 0 bridgehead atoms. The zero-order valence-electron chi connectivity index (χ0n) is 11.3. The van der Waals surface area contributed by atoms with Crippen LogP contribution in [-0.2, 0) is 9.59 Å². The highest BCUT2D eigenvalue weighted by molar-refractivity contribution is 5.86. The molecule has 20 heavy (non-hydrogen) atoms. The van der Waals surface area contributed by atoms with Crippen LogP contribution in [0.15, 0.2) is 47.5 Å². The smallest absolute Gasteiger partial charge is 0.373 e. The second-order valence-corrected chi connectivity index (χ2v) is 4.14. The second kappa shape index (κ2) is 7.67. The van der Waals surface area contributed by atoms with E-state index < -0.39 is 0 Å². The summed E-state index contributed by atoms with van der Waals surface area (Å²) in [6.45, 7) is 3.89. The molecule has 0 heterocycles. The summed E-state index contributed by atoms with van der Waals surface area (Å²) in [5, 5.41) is 9.85. The van der Waals surface area contributed by atoms with Gasteiger partial charge in [0.25, 0.3) is 0 Å². The summed E-state index contributed by atoms with van der Waals surface area (Å²) in [5.74, 6) is 0.296. The Morgan fingerprint density at radius 1 is 1.00 bits per heavy atom. The van der Waals surface area contributed by atoms with E-state index in [2.05, 4.69) is 4.99 Å². The van der Waals surface area contributed by atoms with Gasteiger partial charge in [0.2, 0.25) is 0 Å². The Kier molecular flexibility index (Phi) is 5.88. The third kappa shape index (κ3) is 4.19. The summed E-state index contributed by atoms with van der Waals surface area (Å²) in [4.78, 5) is 20.6. The highest BCUT2D eigenvalue weighted by Gasteiger charge is 2.00. The predicted molar refractivity (Wildman–Crippen MR) is 76.3 cm³/mol. The van der Waals surface area contributed by atoms with Gasteiger partial charge in [-0.15, -0.1) is 0 Å². The Balaban J connectivity index is 0.000000612. The molecule has 4 nitrogen and oxygen atoms in total. The minimum absolute atomic E-state index is 0.250. The van der Waals surface area contributed by atoms with Crippen molar-refractivity contribution < 1.29 is 14.7 Å². The van der Waals surface area contributed by atoms with Crippen molar-refractivity contribution in [2.24, 2.45) is 4.99 Å². The van der Waals surface area contributed by atoms with Gasteiger partial charge in [0, 0.05) is 11.8 Å². The van der Waals surface area contributed by atoms with E-state index in [1.165, 1.54) is 0 Å². The fourth-order valence-corrected chi connectivity index (χ4v) is 1.63. The lowest BCUT2D eigenvalue weighted by molar-refractivity contribution is -0.191. The SMILES string of the molecule is Cc1ccccc1N=Cc1cccc(C)c1O.O=C=O. The van der Waals surface area contributed by atoms with E-state index in [-0.39, 0.29) is 6.15 Å². The van der Waals surface area contributed by atoms with Crippen molar-refractivity contribution >= 4 is 18.1 Å². The molecule has 0 radical (unpaired) electrons. The standard InChI is InChI=1S/C15H15NO.CO2/c1-11-6-3-4-9-14(11)16-10-13-8-5-7-12(2)15(13)17;2-1-3/h3-10,17H,1-2H3;. The lowest BCUT2D eigenvalue weighted by atomic mass is 10.1. The first-order valence-electron chi connectivity index (χ1n) is 5.97. The average Bonchev–Trinajstić information content (AvgIpc) is 2.43. The summed E-state index contributed by atoms with van der Waals surface area (Å²) in [6.07, 6.45) is 1.95. The van der Waals surface area contributed by atoms with E-state index in [1.807, 2.05) is 56.3 Å². The Labute approximate surface area is 117 Å². The van der Waals surface area contributed by atoms with Crippen molar-refractivity contribution in [1.82, 2.24) is 0 Å². The van der Waals surface area contributed by atoms with Gasteiger partial charge in [0.05, 0.1) is 5.69 Å². The van der Waals surface area contributed by atoms with E-state index in [1.54, 1.807) is 6.21 Å². The first kappa shape index (κ1) is 15.3. The highest BCUT2D eigenvalue weighted by atomic mass is 16.3. The van der Waals surface area contributed by atoms with Crippen LogP contribution in [-0.4, -0.2) is 17.5 Å². The molecular formula is C16H15NO3. The Morgan fingerprint density at radius 2 is 1.60 bits per heavy atom. The molecule has 0 unspecified atom stereocenters. The molecule has 2 aromatic rings. The van der Waals surface area contributed by atoms with Gasteiger partial charge in [0.15, 0.2) is 0 Å². The molecule has 0 saturated carbocycles. The van der Waals surface area contributed by atoms with E-state index in [4.69, 9.17) is 9.59 Å². The van der Waals surface area contributed by atoms with Gasteiger partial charge in [-0.25, -0.2) is 0 Å². The maximum absolute atomic E-state index is 9.85. The first-order chi connectivity index (χ1) is 9.60. The molecule has 0 atom stereocenters. The number of para-hydroxylation sites is 2. The van der Waals surface area contributed by atoms with Gasteiger partial charge in [-0.3, -0.25) is 4.99 Å². The van der Waals surface area contributed by atoms with Gasteiger partial charge in [-0.2, -0.15) is 9.59 Å². The molecule has 1 N–H and O–H groups in total. The Morgan fingerprint density at radius 3 is 2.25 bits per heavy atom. The summed E-state index contributed by atoms with van der Waals surface area (Å²) < 4.78 is 0. The molecule has 102 valence electrons. The van der Waals surface area contributed by atoms with Crippen LogP contribution in [0.25, 0.3) is 0 Å². The second-order valence-electron chi connectivity index (χ2n) is 4.14. The number of nitrogens with zero attached hydrogens (tertiary/aromatic N) is 1. The molecule has 0 aromatic heterocycles. The minimum Gasteiger partial charge on any atom is -0.507 e. The maximum Gasteiger partial charge on any atom is 0.373 e. The number of hydrogen-bond acceptors (Lipinski definition) is 4.